The van der Waals surface area contributed by atoms with Crippen LogP contribution in [0.15, 0.2) is 48.7 Å². The number of ether oxygens (including phenoxy) is 1. The van der Waals surface area contributed by atoms with E-state index in [1.807, 2.05) is 42.5 Å². The van der Waals surface area contributed by atoms with Gasteiger partial charge >= 0.3 is 0 Å². The minimum absolute atomic E-state index is 0. The van der Waals surface area contributed by atoms with E-state index in [0.717, 1.165) is 17.3 Å². The Labute approximate surface area is 130 Å². The number of fused-ring (bicyclic) bond motifs is 1. The minimum Gasteiger partial charge on any atom is -0.495 e. The quantitative estimate of drug-likeness (QED) is 0.756. The van der Waals surface area contributed by atoms with Crippen molar-refractivity contribution in [1.82, 2.24) is 4.98 Å². The molecule has 1 amide bonds. The van der Waals surface area contributed by atoms with Crippen LogP contribution >= 0.6 is 0 Å². The maximum atomic E-state index is 12.5. The molecular weight excluding hydrogens is 276 g/mol. The molecule has 3 rings (SSSR count). The molecule has 114 valence electrons. The van der Waals surface area contributed by atoms with Gasteiger partial charge in [0.2, 0.25) is 0 Å². The Kier molecular flexibility index (Phi) is 3.83. The van der Waals surface area contributed by atoms with Crippen LogP contribution in [0.5, 0.6) is 5.75 Å². The summed E-state index contributed by atoms with van der Waals surface area (Å²) in [5, 5.41) is 3.83. The Morgan fingerprint density at radius 3 is 2.86 bits per heavy atom. The van der Waals surface area contributed by atoms with Gasteiger partial charge in [0.1, 0.15) is 5.75 Å². The number of hydrogen-bond acceptors (Lipinski definition) is 2. The molecule has 1 heterocycles. The lowest BCUT2D eigenvalue weighted by Crippen LogP contribution is -2.12. The van der Waals surface area contributed by atoms with Crippen molar-refractivity contribution in [3.05, 3.63) is 59.8 Å². The number of aromatic nitrogens is 1. The van der Waals surface area contributed by atoms with Gasteiger partial charge in [0.25, 0.3) is 5.91 Å². The van der Waals surface area contributed by atoms with Gasteiger partial charge in [-0.25, -0.2) is 0 Å². The van der Waals surface area contributed by atoms with Gasteiger partial charge in [0.15, 0.2) is 0 Å². The fourth-order valence-electron chi connectivity index (χ4n) is 2.51. The van der Waals surface area contributed by atoms with Crippen molar-refractivity contribution in [2.24, 2.45) is 0 Å². The van der Waals surface area contributed by atoms with E-state index in [1.54, 1.807) is 13.3 Å². The summed E-state index contributed by atoms with van der Waals surface area (Å²) in [6.45, 7) is 2.08. The molecule has 0 radical (unpaired) electrons. The van der Waals surface area contributed by atoms with Crippen molar-refractivity contribution in [3.8, 4) is 5.75 Å². The molecule has 0 saturated carbocycles. The zero-order valence-electron chi connectivity index (χ0n) is 12.6. The van der Waals surface area contributed by atoms with Gasteiger partial charge in [-0.1, -0.05) is 31.2 Å². The maximum absolute atomic E-state index is 12.5. The van der Waals surface area contributed by atoms with Crippen LogP contribution in [-0.4, -0.2) is 18.0 Å². The minimum atomic E-state index is -0.153. The summed E-state index contributed by atoms with van der Waals surface area (Å²) in [6.07, 6.45) is 2.65. The second kappa shape index (κ2) is 5.93. The van der Waals surface area contributed by atoms with Crippen molar-refractivity contribution < 1.29 is 11.0 Å². The van der Waals surface area contributed by atoms with Gasteiger partial charge in [-0.05, 0) is 30.2 Å². The average Bonchev–Trinajstić information content (AvgIpc) is 2.99. The molecule has 0 bridgehead atoms. The molecule has 0 saturated heterocycles. The Hall–Kier alpha value is -2.75. The van der Waals surface area contributed by atoms with Gasteiger partial charge in [-0.2, -0.15) is 0 Å². The van der Waals surface area contributed by atoms with Crippen LogP contribution in [-0.2, 0) is 6.42 Å². The fourth-order valence-corrected chi connectivity index (χ4v) is 2.51. The van der Waals surface area contributed by atoms with Crippen LogP contribution in [0, 0.1) is 0 Å². The van der Waals surface area contributed by atoms with E-state index in [1.165, 1.54) is 5.56 Å². The van der Waals surface area contributed by atoms with Crippen LogP contribution < -0.4 is 10.1 Å². The molecule has 3 aromatic rings. The zero-order chi connectivity index (χ0) is 15.5. The SMILES string of the molecule is CCc1ccc(NC(=O)c2c[nH]c3ccccc23)c(OC)c1.[HH]. The van der Waals surface area contributed by atoms with Crippen LogP contribution in [0.4, 0.5) is 5.69 Å². The van der Waals surface area contributed by atoms with Crippen LogP contribution in [0.1, 0.15) is 24.3 Å². The Morgan fingerprint density at radius 1 is 1.27 bits per heavy atom. The van der Waals surface area contributed by atoms with Crippen LogP contribution in [0.25, 0.3) is 10.9 Å². The van der Waals surface area contributed by atoms with Crippen LogP contribution in [0.3, 0.4) is 0 Å². The van der Waals surface area contributed by atoms with Gasteiger partial charge in [-0.3, -0.25) is 4.79 Å². The first-order valence-corrected chi connectivity index (χ1v) is 7.27. The highest BCUT2D eigenvalue weighted by Gasteiger charge is 2.14. The molecule has 0 spiro atoms. The van der Waals surface area contributed by atoms with Crippen LogP contribution in [0.2, 0.25) is 0 Å². The monoisotopic (exact) mass is 296 g/mol. The molecule has 1 aromatic heterocycles. The number of carbonyl (C=O) groups excluding carboxylic acids is 1. The second-order valence-corrected chi connectivity index (χ2v) is 5.09. The number of methoxy groups -OCH3 is 1. The van der Waals surface area contributed by atoms with E-state index in [4.69, 9.17) is 4.74 Å². The van der Waals surface area contributed by atoms with Crippen molar-refractivity contribution >= 4 is 22.5 Å². The normalized spacial score (nSPS) is 10.6. The van der Waals surface area contributed by atoms with E-state index >= 15 is 0 Å². The number of para-hydroxylation sites is 1. The molecule has 2 aromatic carbocycles. The molecule has 0 fully saturated rings. The summed E-state index contributed by atoms with van der Waals surface area (Å²) >= 11 is 0. The number of H-pyrrole nitrogens is 1. The lowest BCUT2D eigenvalue weighted by atomic mass is 10.1. The standard InChI is InChI=1S/C18H18N2O2.H2/c1-3-12-8-9-16(17(10-12)22-2)20-18(21)14-11-19-15-7-5-4-6-13(14)15;/h4-11,19H,3H2,1-2H3,(H,20,21);1H. The lowest BCUT2D eigenvalue weighted by molar-refractivity contribution is 0.102. The smallest absolute Gasteiger partial charge is 0.257 e. The molecule has 22 heavy (non-hydrogen) atoms. The highest BCUT2D eigenvalue weighted by Crippen LogP contribution is 2.27. The molecule has 0 aliphatic carbocycles. The predicted octanol–water partition coefficient (Wildman–Crippen LogP) is 4.24. The third-order valence-electron chi connectivity index (χ3n) is 3.76. The predicted molar refractivity (Wildman–Crippen MR) is 90.7 cm³/mol. The number of aryl methyl sites for hydroxylation is 1. The molecule has 0 aliphatic heterocycles. The average molecular weight is 296 g/mol. The zero-order valence-corrected chi connectivity index (χ0v) is 12.6. The summed E-state index contributed by atoms with van der Waals surface area (Å²) < 4.78 is 5.37. The highest BCUT2D eigenvalue weighted by molar-refractivity contribution is 6.13. The summed E-state index contributed by atoms with van der Waals surface area (Å²) in [6, 6.07) is 13.6. The van der Waals surface area contributed by atoms with Crippen molar-refractivity contribution in [2.45, 2.75) is 13.3 Å². The molecule has 4 heteroatoms. The number of hydrogen-bond donors (Lipinski definition) is 2. The van der Waals surface area contributed by atoms with Gasteiger partial charge in [0, 0.05) is 18.5 Å². The van der Waals surface area contributed by atoms with Gasteiger partial charge in [-0.15, -0.1) is 0 Å². The van der Waals surface area contributed by atoms with E-state index in [2.05, 4.69) is 17.2 Å². The summed E-state index contributed by atoms with van der Waals surface area (Å²) in [7, 11) is 1.61. The first kappa shape index (κ1) is 14.2. The third-order valence-corrected chi connectivity index (χ3v) is 3.76. The van der Waals surface area contributed by atoms with E-state index in [0.29, 0.717) is 17.0 Å². The number of carbonyl (C=O) groups is 1. The van der Waals surface area contributed by atoms with Crippen molar-refractivity contribution in [1.29, 1.82) is 0 Å². The summed E-state index contributed by atoms with van der Waals surface area (Å²) in [4.78, 5) is 15.6. The molecule has 4 nitrogen and oxygen atoms in total. The number of anilines is 1. The molecule has 2 N–H and O–H groups in total. The molecular formula is C18H20N2O2. The van der Waals surface area contributed by atoms with Gasteiger partial charge < -0.3 is 15.0 Å². The number of amides is 1. The first-order valence-electron chi connectivity index (χ1n) is 7.27. The topological polar surface area (TPSA) is 54.1 Å². The van der Waals surface area contributed by atoms with Crippen molar-refractivity contribution in [2.75, 3.05) is 12.4 Å². The third kappa shape index (κ3) is 2.55. The summed E-state index contributed by atoms with van der Waals surface area (Å²) in [5.41, 5.74) is 3.41. The number of aromatic amines is 1. The van der Waals surface area contributed by atoms with E-state index < -0.39 is 0 Å². The Morgan fingerprint density at radius 2 is 2.09 bits per heavy atom. The fraction of sp³-hybridized carbons (Fsp3) is 0.167. The number of benzene rings is 2. The van der Waals surface area contributed by atoms with E-state index in [9.17, 15) is 4.79 Å². The highest BCUT2D eigenvalue weighted by atomic mass is 16.5. The first-order chi connectivity index (χ1) is 10.7. The maximum Gasteiger partial charge on any atom is 0.257 e. The summed E-state index contributed by atoms with van der Waals surface area (Å²) in [5.74, 6) is 0.521. The Bertz CT molecular complexity index is 827. The molecule has 0 atom stereocenters. The number of nitrogens with one attached hydrogen (secondary N) is 2. The number of rotatable bonds is 4. The Balaban J connectivity index is 0.00000192. The lowest BCUT2D eigenvalue weighted by Gasteiger charge is -2.11. The second-order valence-electron chi connectivity index (χ2n) is 5.09. The van der Waals surface area contributed by atoms with E-state index in [-0.39, 0.29) is 7.33 Å². The molecule has 0 unspecified atom stereocenters. The van der Waals surface area contributed by atoms with Crippen molar-refractivity contribution in [3.63, 3.8) is 0 Å². The van der Waals surface area contributed by atoms with Gasteiger partial charge in [0.05, 0.1) is 18.4 Å². The largest absolute Gasteiger partial charge is 0.495 e. The molecule has 0 aliphatic rings.